The number of hydrogen-bond donors (Lipinski definition) is 2. The summed E-state index contributed by atoms with van der Waals surface area (Å²) in [5.74, 6) is -0.511. The average molecular weight is 193 g/mol. The van der Waals surface area contributed by atoms with Crippen molar-refractivity contribution in [1.29, 1.82) is 0 Å². The van der Waals surface area contributed by atoms with Gasteiger partial charge < -0.3 is 10.8 Å². The van der Waals surface area contributed by atoms with Crippen LogP contribution in [-0.4, -0.2) is 22.9 Å². The minimum Gasteiger partial charge on any atom is -0.480 e. The number of carboxylic acids is 1. The van der Waals surface area contributed by atoms with Crippen LogP contribution in [0.4, 0.5) is 0 Å². The first kappa shape index (κ1) is 10.9. The Kier molecular flexibility index (Phi) is 6.49. The molecule has 0 saturated heterocycles. The molecule has 0 aliphatic rings. The van der Waals surface area contributed by atoms with Crippen molar-refractivity contribution in [3.05, 3.63) is 11.5 Å². The summed E-state index contributed by atoms with van der Waals surface area (Å²) in [5.41, 5.74) is 5.24. The number of aliphatic carboxylic acids is 1. The van der Waals surface area contributed by atoms with Gasteiger partial charge in [0.05, 0.1) is 0 Å². The molecule has 0 saturated carbocycles. The fraction of sp³-hybridized carbons (Fsp3) is 0.500. The SMILES string of the molecule is CC=CSSC[C@H](N)C(=O)O. The topological polar surface area (TPSA) is 63.3 Å². The Morgan fingerprint density at radius 3 is 2.91 bits per heavy atom. The lowest BCUT2D eigenvalue weighted by molar-refractivity contribution is -0.137. The lowest BCUT2D eigenvalue weighted by Gasteiger charge is -2.02. The number of carboxylic acid groups (broad SMARTS) is 1. The predicted molar refractivity (Wildman–Crippen MR) is 50.5 cm³/mol. The highest BCUT2D eigenvalue weighted by molar-refractivity contribution is 8.77. The van der Waals surface area contributed by atoms with Crippen molar-refractivity contribution in [1.82, 2.24) is 0 Å². The van der Waals surface area contributed by atoms with Gasteiger partial charge in [0, 0.05) is 5.75 Å². The summed E-state index contributed by atoms with van der Waals surface area (Å²) in [6.07, 6.45) is 1.89. The van der Waals surface area contributed by atoms with Gasteiger partial charge in [-0.05, 0) is 12.3 Å². The van der Waals surface area contributed by atoms with Crippen LogP contribution in [0.5, 0.6) is 0 Å². The monoisotopic (exact) mass is 193 g/mol. The van der Waals surface area contributed by atoms with Crippen molar-refractivity contribution in [3.63, 3.8) is 0 Å². The molecular formula is C6H11NO2S2. The quantitative estimate of drug-likeness (QED) is 0.509. The van der Waals surface area contributed by atoms with Gasteiger partial charge in [-0.3, -0.25) is 4.79 Å². The molecule has 3 N–H and O–H groups in total. The Bertz CT molecular complexity index is 150. The number of nitrogens with two attached hydrogens (primary N) is 1. The van der Waals surface area contributed by atoms with Crippen molar-refractivity contribution < 1.29 is 9.90 Å². The maximum atomic E-state index is 10.2. The van der Waals surface area contributed by atoms with E-state index >= 15 is 0 Å². The molecule has 0 rings (SSSR count). The van der Waals surface area contributed by atoms with Crippen LogP contribution in [0.1, 0.15) is 6.92 Å². The first-order valence-electron chi connectivity index (χ1n) is 3.06. The summed E-state index contributed by atoms with van der Waals surface area (Å²) < 4.78 is 0. The standard InChI is InChI=1S/C6H11NO2S2/c1-2-3-10-11-4-5(7)6(8)9/h2-3,5H,4,7H2,1H3,(H,8,9)/t5-/m0/s1. The van der Waals surface area contributed by atoms with E-state index in [1.807, 2.05) is 18.4 Å². The fourth-order valence-corrected chi connectivity index (χ4v) is 2.08. The van der Waals surface area contributed by atoms with E-state index < -0.39 is 12.0 Å². The van der Waals surface area contributed by atoms with Gasteiger partial charge in [0.1, 0.15) is 6.04 Å². The third-order valence-electron chi connectivity index (χ3n) is 0.824. The minimum atomic E-state index is -0.946. The highest BCUT2D eigenvalue weighted by Crippen LogP contribution is 2.22. The van der Waals surface area contributed by atoms with Crippen LogP contribution in [0.15, 0.2) is 11.5 Å². The highest BCUT2D eigenvalue weighted by Gasteiger charge is 2.09. The molecule has 0 aromatic heterocycles. The molecular weight excluding hydrogens is 182 g/mol. The van der Waals surface area contributed by atoms with Crippen molar-refractivity contribution in [3.8, 4) is 0 Å². The van der Waals surface area contributed by atoms with Crippen molar-refractivity contribution in [2.45, 2.75) is 13.0 Å². The van der Waals surface area contributed by atoms with E-state index in [9.17, 15) is 4.79 Å². The molecule has 1 atom stereocenters. The Morgan fingerprint density at radius 2 is 2.45 bits per heavy atom. The molecule has 0 aromatic carbocycles. The number of hydrogen-bond acceptors (Lipinski definition) is 4. The number of rotatable bonds is 5. The van der Waals surface area contributed by atoms with E-state index in [1.165, 1.54) is 21.6 Å². The molecule has 11 heavy (non-hydrogen) atoms. The lowest BCUT2D eigenvalue weighted by Crippen LogP contribution is -2.32. The largest absolute Gasteiger partial charge is 0.480 e. The Balaban J connectivity index is 3.31. The van der Waals surface area contributed by atoms with Crippen LogP contribution in [0.25, 0.3) is 0 Å². The van der Waals surface area contributed by atoms with Gasteiger partial charge in [-0.2, -0.15) is 0 Å². The van der Waals surface area contributed by atoms with E-state index in [2.05, 4.69) is 0 Å². The van der Waals surface area contributed by atoms with Crippen LogP contribution in [0.3, 0.4) is 0 Å². The second-order valence-electron chi connectivity index (χ2n) is 1.79. The van der Waals surface area contributed by atoms with Gasteiger partial charge in [-0.25, -0.2) is 0 Å². The van der Waals surface area contributed by atoms with E-state index in [-0.39, 0.29) is 0 Å². The fourth-order valence-electron chi connectivity index (χ4n) is 0.279. The third kappa shape index (κ3) is 6.28. The second kappa shape index (κ2) is 6.57. The van der Waals surface area contributed by atoms with Crippen LogP contribution in [0.2, 0.25) is 0 Å². The first-order chi connectivity index (χ1) is 5.18. The molecule has 0 unspecified atom stereocenters. The summed E-state index contributed by atoms with van der Waals surface area (Å²) >= 11 is 0. The van der Waals surface area contributed by atoms with Crippen LogP contribution in [-0.2, 0) is 4.79 Å². The Morgan fingerprint density at radius 1 is 1.82 bits per heavy atom. The molecule has 0 bridgehead atoms. The van der Waals surface area contributed by atoms with Crippen molar-refractivity contribution in [2.24, 2.45) is 5.73 Å². The Hall–Kier alpha value is -0.130. The maximum absolute atomic E-state index is 10.2. The van der Waals surface area contributed by atoms with Crippen LogP contribution in [0, 0.1) is 0 Å². The maximum Gasteiger partial charge on any atom is 0.321 e. The molecule has 3 nitrogen and oxygen atoms in total. The first-order valence-corrected chi connectivity index (χ1v) is 5.44. The zero-order valence-electron chi connectivity index (χ0n) is 6.19. The van der Waals surface area contributed by atoms with Gasteiger partial charge >= 0.3 is 5.97 Å². The van der Waals surface area contributed by atoms with E-state index in [0.717, 1.165) is 0 Å². The average Bonchev–Trinajstić information content (AvgIpc) is 1.97. The molecule has 0 aromatic rings. The minimum absolute atomic E-state index is 0.435. The normalized spacial score (nSPS) is 13.6. The molecule has 5 heteroatoms. The molecule has 0 aliphatic heterocycles. The number of carbonyl (C=O) groups is 1. The number of allylic oxidation sites excluding steroid dienone is 1. The zero-order valence-corrected chi connectivity index (χ0v) is 7.82. The smallest absolute Gasteiger partial charge is 0.321 e. The predicted octanol–water partition coefficient (Wildman–Crippen LogP) is 1.31. The highest BCUT2D eigenvalue weighted by atomic mass is 33.1. The van der Waals surface area contributed by atoms with Gasteiger partial charge in [-0.1, -0.05) is 27.7 Å². The van der Waals surface area contributed by atoms with E-state index in [4.69, 9.17) is 10.8 Å². The third-order valence-corrected chi connectivity index (χ3v) is 2.99. The molecule has 0 heterocycles. The summed E-state index contributed by atoms with van der Waals surface area (Å²) in [6, 6.07) is -0.752. The van der Waals surface area contributed by atoms with Gasteiger partial charge in [-0.15, -0.1) is 0 Å². The second-order valence-corrected chi connectivity index (χ2v) is 4.11. The van der Waals surface area contributed by atoms with Gasteiger partial charge in [0.15, 0.2) is 0 Å². The summed E-state index contributed by atoms with van der Waals surface area (Å²) in [7, 11) is 2.93. The molecule has 0 radical (unpaired) electrons. The molecule has 0 spiro atoms. The summed E-state index contributed by atoms with van der Waals surface area (Å²) in [4.78, 5) is 10.2. The van der Waals surface area contributed by atoms with E-state index in [0.29, 0.717) is 5.75 Å². The van der Waals surface area contributed by atoms with Crippen LogP contribution >= 0.6 is 21.6 Å². The van der Waals surface area contributed by atoms with Crippen molar-refractivity contribution in [2.75, 3.05) is 5.75 Å². The molecule has 0 aliphatic carbocycles. The molecule has 0 amide bonds. The lowest BCUT2D eigenvalue weighted by atomic mass is 10.4. The molecule has 64 valence electrons. The van der Waals surface area contributed by atoms with Crippen molar-refractivity contribution >= 4 is 27.6 Å². The van der Waals surface area contributed by atoms with Crippen LogP contribution < -0.4 is 5.73 Å². The van der Waals surface area contributed by atoms with Gasteiger partial charge in [0.2, 0.25) is 0 Å². The van der Waals surface area contributed by atoms with E-state index in [1.54, 1.807) is 0 Å². The molecule has 0 fully saturated rings. The zero-order chi connectivity index (χ0) is 8.69. The summed E-state index contributed by atoms with van der Waals surface area (Å²) in [6.45, 7) is 1.91. The Labute approximate surface area is 73.8 Å². The summed E-state index contributed by atoms with van der Waals surface area (Å²) in [5, 5.41) is 10.3. The van der Waals surface area contributed by atoms with Gasteiger partial charge in [0.25, 0.3) is 0 Å².